The van der Waals surface area contributed by atoms with Gasteiger partial charge < -0.3 is 0 Å². The van der Waals surface area contributed by atoms with Crippen molar-refractivity contribution in [3.63, 3.8) is 0 Å². The van der Waals surface area contributed by atoms with Gasteiger partial charge in [0.2, 0.25) is 6.08 Å². The van der Waals surface area contributed by atoms with Crippen molar-refractivity contribution < 1.29 is 4.79 Å². The van der Waals surface area contributed by atoms with E-state index in [1.54, 1.807) is 6.08 Å². The number of carbonyl (C=O) groups excluding carboxylic acids is 1. The highest BCUT2D eigenvalue weighted by molar-refractivity contribution is 5.79. The Morgan fingerprint density at radius 1 is 1.31 bits per heavy atom. The smallest absolute Gasteiger partial charge is 0.235 e. The number of hydrogen-bond donors (Lipinski definition) is 0. The van der Waals surface area contributed by atoms with E-state index < -0.39 is 0 Å². The van der Waals surface area contributed by atoms with Crippen LogP contribution in [0.1, 0.15) is 24.2 Å². The number of fused-ring (bicyclic) bond motifs is 1. The number of hydrogen-bond acceptors (Lipinski definition) is 3. The van der Waals surface area contributed by atoms with Crippen LogP contribution in [0.2, 0.25) is 0 Å². The first-order valence-corrected chi connectivity index (χ1v) is 5.15. The molecule has 0 aliphatic heterocycles. The molecule has 2 rings (SSSR count). The van der Waals surface area contributed by atoms with E-state index in [2.05, 4.69) is 9.98 Å². The van der Waals surface area contributed by atoms with Gasteiger partial charge in [-0.05, 0) is 37.6 Å². The molecule has 0 radical (unpaired) electrons. The van der Waals surface area contributed by atoms with Crippen LogP contribution in [0, 0.1) is 6.92 Å². The largest absolute Gasteiger partial charge is 0.253 e. The van der Waals surface area contributed by atoms with Crippen LogP contribution >= 0.6 is 0 Å². The lowest BCUT2D eigenvalue weighted by molar-refractivity contribution is 0.559. The summed E-state index contributed by atoms with van der Waals surface area (Å²) >= 11 is 0. The first-order chi connectivity index (χ1) is 7.70. The van der Waals surface area contributed by atoms with E-state index in [-0.39, 0.29) is 6.04 Å². The number of isocyanates is 1. The number of aliphatic imine (C=N–C) groups is 1. The highest BCUT2D eigenvalue weighted by Gasteiger charge is 2.04. The summed E-state index contributed by atoms with van der Waals surface area (Å²) in [7, 11) is 0. The standard InChI is InChI=1S/C13H12N2O/c1-9-3-4-12-7-11(10(2)14-8-16)5-6-13(12)15-9/h3-7,10H,1-2H3. The highest BCUT2D eigenvalue weighted by atomic mass is 16.1. The lowest BCUT2D eigenvalue weighted by Crippen LogP contribution is -1.90. The summed E-state index contributed by atoms with van der Waals surface area (Å²) in [6.07, 6.45) is 1.58. The van der Waals surface area contributed by atoms with Gasteiger partial charge in [-0.3, -0.25) is 4.98 Å². The van der Waals surface area contributed by atoms with Gasteiger partial charge in [-0.2, -0.15) is 4.99 Å². The second-order valence-corrected chi connectivity index (χ2v) is 3.80. The van der Waals surface area contributed by atoms with Crippen molar-refractivity contribution >= 4 is 17.0 Å². The zero-order valence-electron chi connectivity index (χ0n) is 9.27. The molecule has 1 atom stereocenters. The Hall–Kier alpha value is -1.99. The van der Waals surface area contributed by atoms with E-state index in [0.29, 0.717) is 0 Å². The number of aryl methyl sites for hydroxylation is 1. The summed E-state index contributed by atoms with van der Waals surface area (Å²) in [5, 5.41) is 1.07. The molecule has 0 amide bonds. The van der Waals surface area contributed by atoms with Crippen molar-refractivity contribution in [1.82, 2.24) is 4.98 Å². The Bertz CT molecular complexity index is 571. The molecule has 80 valence electrons. The van der Waals surface area contributed by atoms with Crippen molar-refractivity contribution in [3.8, 4) is 0 Å². The Labute approximate surface area is 93.8 Å². The van der Waals surface area contributed by atoms with Gasteiger partial charge in [-0.25, -0.2) is 4.79 Å². The monoisotopic (exact) mass is 212 g/mol. The molecule has 0 N–H and O–H groups in total. The van der Waals surface area contributed by atoms with Gasteiger partial charge in [0.25, 0.3) is 0 Å². The van der Waals surface area contributed by atoms with Gasteiger partial charge in [-0.15, -0.1) is 0 Å². The Balaban J connectivity index is 2.52. The van der Waals surface area contributed by atoms with Crippen LogP contribution in [0.3, 0.4) is 0 Å². The van der Waals surface area contributed by atoms with Crippen molar-refractivity contribution in [2.75, 3.05) is 0 Å². The quantitative estimate of drug-likeness (QED) is 0.567. The molecule has 0 saturated heterocycles. The van der Waals surface area contributed by atoms with Crippen molar-refractivity contribution in [2.45, 2.75) is 19.9 Å². The van der Waals surface area contributed by atoms with E-state index in [9.17, 15) is 4.79 Å². The van der Waals surface area contributed by atoms with Gasteiger partial charge in [0.15, 0.2) is 0 Å². The molecule has 3 nitrogen and oxygen atoms in total. The molecule has 0 aliphatic carbocycles. The molecule has 0 spiro atoms. The Kier molecular flexibility index (Phi) is 2.80. The third kappa shape index (κ3) is 2.00. The third-order valence-electron chi connectivity index (χ3n) is 2.58. The van der Waals surface area contributed by atoms with Gasteiger partial charge in [0, 0.05) is 11.1 Å². The van der Waals surface area contributed by atoms with E-state index in [1.807, 2.05) is 44.2 Å². The minimum Gasteiger partial charge on any atom is -0.253 e. The van der Waals surface area contributed by atoms with Crippen LogP contribution in [0.4, 0.5) is 0 Å². The molecule has 0 fully saturated rings. The minimum atomic E-state index is -0.150. The Morgan fingerprint density at radius 3 is 2.88 bits per heavy atom. The van der Waals surface area contributed by atoms with E-state index in [0.717, 1.165) is 22.2 Å². The first-order valence-electron chi connectivity index (χ1n) is 5.15. The molecule has 1 unspecified atom stereocenters. The van der Waals surface area contributed by atoms with Crippen LogP contribution in [0.5, 0.6) is 0 Å². The van der Waals surface area contributed by atoms with Crippen molar-refractivity contribution in [2.24, 2.45) is 4.99 Å². The van der Waals surface area contributed by atoms with E-state index in [1.165, 1.54) is 0 Å². The number of nitrogens with zero attached hydrogens (tertiary/aromatic N) is 2. The number of pyridine rings is 1. The van der Waals surface area contributed by atoms with E-state index in [4.69, 9.17) is 0 Å². The predicted octanol–water partition coefficient (Wildman–Crippen LogP) is 2.94. The average molecular weight is 212 g/mol. The fourth-order valence-corrected chi connectivity index (χ4v) is 1.66. The van der Waals surface area contributed by atoms with Gasteiger partial charge >= 0.3 is 0 Å². The van der Waals surface area contributed by atoms with Crippen LogP contribution in [-0.2, 0) is 4.79 Å². The number of aromatic nitrogens is 1. The summed E-state index contributed by atoms with van der Waals surface area (Å²) in [5.74, 6) is 0. The molecule has 1 aromatic heterocycles. The molecule has 1 aromatic carbocycles. The maximum absolute atomic E-state index is 10.2. The van der Waals surface area contributed by atoms with Crippen LogP contribution in [0.25, 0.3) is 10.9 Å². The molecule has 3 heteroatoms. The maximum Gasteiger partial charge on any atom is 0.235 e. The summed E-state index contributed by atoms with van der Waals surface area (Å²) in [4.78, 5) is 18.3. The van der Waals surface area contributed by atoms with E-state index >= 15 is 0 Å². The molecule has 0 bridgehead atoms. The fourth-order valence-electron chi connectivity index (χ4n) is 1.66. The molecular weight excluding hydrogens is 200 g/mol. The molecule has 0 aliphatic rings. The van der Waals surface area contributed by atoms with Crippen molar-refractivity contribution in [1.29, 1.82) is 0 Å². The minimum absolute atomic E-state index is 0.150. The lowest BCUT2D eigenvalue weighted by Gasteiger charge is -2.06. The normalized spacial score (nSPS) is 12.1. The summed E-state index contributed by atoms with van der Waals surface area (Å²) in [6, 6.07) is 9.75. The summed E-state index contributed by atoms with van der Waals surface area (Å²) < 4.78 is 0. The molecule has 16 heavy (non-hydrogen) atoms. The predicted molar refractivity (Wildman–Crippen MR) is 63.0 cm³/mol. The van der Waals surface area contributed by atoms with Crippen LogP contribution < -0.4 is 0 Å². The van der Waals surface area contributed by atoms with Gasteiger partial charge in [-0.1, -0.05) is 12.1 Å². The first kappa shape index (κ1) is 10.5. The summed E-state index contributed by atoms with van der Waals surface area (Å²) in [6.45, 7) is 3.83. The molecule has 0 saturated carbocycles. The van der Waals surface area contributed by atoms with Gasteiger partial charge in [0.05, 0.1) is 11.6 Å². The van der Waals surface area contributed by atoms with Crippen LogP contribution in [0.15, 0.2) is 35.3 Å². The second kappa shape index (κ2) is 4.25. The SMILES string of the molecule is Cc1ccc2cc(C(C)N=C=O)ccc2n1. The van der Waals surface area contributed by atoms with Crippen molar-refractivity contribution in [3.05, 3.63) is 41.6 Å². The maximum atomic E-state index is 10.2. The molecular formula is C13H12N2O. The zero-order chi connectivity index (χ0) is 11.5. The number of rotatable bonds is 2. The average Bonchev–Trinajstić information content (AvgIpc) is 2.28. The highest BCUT2D eigenvalue weighted by Crippen LogP contribution is 2.21. The summed E-state index contributed by atoms with van der Waals surface area (Å²) in [5.41, 5.74) is 2.96. The topological polar surface area (TPSA) is 42.3 Å². The third-order valence-corrected chi connectivity index (χ3v) is 2.58. The van der Waals surface area contributed by atoms with Crippen LogP contribution in [-0.4, -0.2) is 11.1 Å². The zero-order valence-corrected chi connectivity index (χ0v) is 9.27. The number of benzene rings is 1. The Morgan fingerprint density at radius 2 is 2.12 bits per heavy atom. The molecule has 1 heterocycles. The lowest BCUT2D eigenvalue weighted by atomic mass is 10.1. The fraction of sp³-hybridized carbons (Fsp3) is 0.231. The second-order valence-electron chi connectivity index (χ2n) is 3.80. The van der Waals surface area contributed by atoms with Gasteiger partial charge in [0.1, 0.15) is 0 Å². The molecule has 2 aromatic rings.